The maximum atomic E-state index is 12.4. The van der Waals surface area contributed by atoms with Crippen molar-refractivity contribution in [2.24, 2.45) is 0 Å². The summed E-state index contributed by atoms with van der Waals surface area (Å²) in [4.78, 5) is 18.9. The number of amides is 1. The summed E-state index contributed by atoms with van der Waals surface area (Å²) in [6, 6.07) is 14.2. The minimum Gasteiger partial charge on any atom is -0.366 e. The molecular weight excluding hydrogens is 302 g/mol. The molecule has 5 heteroatoms. The first-order valence-corrected chi connectivity index (χ1v) is 8.28. The Labute approximate surface area is 142 Å². The zero-order valence-corrected chi connectivity index (χ0v) is 13.9. The highest BCUT2D eigenvalue weighted by Crippen LogP contribution is 2.11. The Hall–Kier alpha value is -2.24. The Bertz CT molecular complexity index is 658. The number of hydrogen-bond donors (Lipinski definition) is 1. The van der Waals surface area contributed by atoms with Crippen LogP contribution < -0.4 is 5.32 Å². The van der Waals surface area contributed by atoms with E-state index in [1.807, 2.05) is 37.3 Å². The van der Waals surface area contributed by atoms with Crippen molar-refractivity contribution in [3.8, 4) is 0 Å². The number of carbonyl (C=O) groups is 1. The van der Waals surface area contributed by atoms with Gasteiger partial charge in [0.2, 0.25) is 0 Å². The molecule has 3 rings (SSSR count). The van der Waals surface area contributed by atoms with Crippen molar-refractivity contribution in [2.75, 3.05) is 19.7 Å². The number of pyridine rings is 1. The van der Waals surface area contributed by atoms with Crippen LogP contribution in [-0.4, -0.2) is 41.6 Å². The number of morpholine rings is 1. The molecule has 0 radical (unpaired) electrons. The number of nitrogens with one attached hydrogen (secondary N) is 1. The van der Waals surface area contributed by atoms with Crippen LogP contribution in [0, 0.1) is 6.92 Å². The molecule has 1 saturated heterocycles. The Morgan fingerprint density at radius 2 is 2.08 bits per heavy atom. The van der Waals surface area contributed by atoms with Crippen molar-refractivity contribution in [3.05, 3.63) is 65.5 Å². The van der Waals surface area contributed by atoms with Crippen LogP contribution in [-0.2, 0) is 22.6 Å². The van der Waals surface area contributed by atoms with Gasteiger partial charge in [-0.25, -0.2) is 0 Å². The maximum Gasteiger partial charge on any atom is 0.250 e. The van der Waals surface area contributed by atoms with E-state index in [1.165, 1.54) is 5.56 Å². The van der Waals surface area contributed by atoms with E-state index < -0.39 is 6.10 Å². The average Bonchev–Trinajstić information content (AvgIpc) is 2.62. The molecule has 1 fully saturated rings. The topological polar surface area (TPSA) is 54.5 Å². The maximum absolute atomic E-state index is 12.4. The predicted octanol–water partition coefficient (Wildman–Crippen LogP) is 1.91. The molecule has 1 amide bonds. The molecule has 0 unspecified atom stereocenters. The summed E-state index contributed by atoms with van der Waals surface area (Å²) in [5.74, 6) is -0.0617. The molecule has 1 aromatic heterocycles. The van der Waals surface area contributed by atoms with E-state index in [0.29, 0.717) is 19.7 Å². The summed E-state index contributed by atoms with van der Waals surface area (Å²) in [5, 5.41) is 2.94. The number of ether oxygens (including phenoxy) is 1. The Morgan fingerprint density at radius 1 is 1.25 bits per heavy atom. The summed E-state index contributed by atoms with van der Waals surface area (Å²) in [6.07, 6.45) is 1.37. The highest BCUT2D eigenvalue weighted by Gasteiger charge is 2.26. The molecule has 1 aliphatic rings. The third kappa shape index (κ3) is 4.63. The fourth-order valence-corrected chi connectivity index (χ4v) is 2.75. The SMILES string of the molecule is Cc1ccc(CNC(=O)[C@@H]2CN(Cc3ccccc3)CCO2)cn1. The number of rotatable bonds is 5. The zero-order chi connectivity index (χ0) is 16.8. The van der Waals surface area contributed by atoms with Crippen LogP contribution in [0.15, 0.2) is 48.7 Å². The standard InChI is InChI=1S/C19H23N3O2/c1-15-7-8-17(11-20-15)12-21-19(23)18-14-22(9-10-24-18)13-16-5-3-2-4-6-16/h2-8,11,18H,9-10,12-14H2,1H3,(H,21,23)/t18-/m0/s1. The number of aromatic nitrogens is 1. The third-order valence-electron chi connectivity index (χ3n) is 4.13. The van der Waals surface area contributed by atoms with Gasteiger partial charge >= 0.3 is 0 Å². The lowest BCUT2D eigenvalue weighted by atomic mass is 10.2. The number of nitrogens with zero attached hydrogens (tertiary/aromatic N) is 2. The van der Waals surface area contributed by atoms with Gasteiger partial charge in [-0.05, 0) is 24.1 Å². The first-order valence-electron chi connectivity index (χ1n) is 8.28. The van der Waals surface area contributed by atoms with Crippen LogP contribution >= 0.6 is 0 Å². The Morgan fingerprint density at radius 3 is 2.83 bits per heavy atom. The van der Waals surface area contributed by atoms with Gasteiger partial charge in [-0.2, -0.15) is 0 Å². The molecule has 0 aliphatic carbocycles. The van der Waals surface area contributed by atoms with Crippen molar-refractivity contribution in [1.29, 1.82) is 0 Å². The molecular formula is C19H23N3O2. The van der Waals surface area contributed by atoms with Gasteiger partial charge in [-0.15, -0.1) is 0 Å². The first-order chi connectivity index (χ1) is 11.7. The largest absolute Gasteiger partial charge is 0.366 e. The molecule has 2 heterocycles. The van der Waals surface area contributed by atoms with Gasteiger partial charge in [0.05, 0.1) is 6.61 Å². The fraction of sp³-hybridized carbons (Fsp3) is 0.368. The quantitative estimate of drug-likeness (QED) is 0.912. The molecule has 5 nitrogen and oxygen atoms in total. The molecule has 1 aromatic carbocycles. The first kappa shape index (κ1) is 16.6. The van der Waals surface area contributed by atoms with E-state index in [1.54, 1.807) is 6.20 Å². The van der Waals surface area contributed by atoms with Gasteiger partial charge in [-0.1, -0.05) is 36.4 Å². The Balaban J connectivity index is 1.50. The van der Waals surface area contributed by atoms with E-state index in [4.69, 9.17) is 4.74 Å². The second-order valence-corrected chi connectivity index (χ2v) is 6.11. The molecule has 126 valence electrons. The summed E-state index contributed by atoms with van der Waals surface area (Å²) in [6.45, 7) is 5.31. The summed E-state index contributed by atoms with van der Waals surface area (Å²) < 4.78 is 5.65. The van der Waals surface area contributed by atoms with Crippen LogP contribution in [0.25, 0.3) is 0 Å². The molecule has 1 atom stereocenters. The number of carbonyl (C=O) groups excluding carboxylic acids is 1. The second kappa shape index (κ2) is 8.04. The molecule has 1 aliphatic heterocycles. The van der Waals surface area contributed by atoms with E-state index in [-0.39, 0.29) is 5.91 Å². The minimum atomic E-state index is -0.416. The lowest BCUT2D eigenvalue weighted by Crippen LogP contribution is -2.49. The van der Waals surface area contributed by atoms with Crippen molar-refractivity contribution in [1.82, 2.24) is 15.2 Å². The van der Waals surface area contributed by atoms with Gasteiger partial charge in [0.1, 0.15) is 6.10 Å². The van der Waals surface area contributed by atoms with Crippen molar-refractivity contribution < 1.29 is 9.53 Å². The summed E-state index contributed by atoms with van der Waals surface area (Å²) >= 11 is 0. The lowest BCUT2D eigenvalue weighted by Gasteiger charge is -2.32. The molecule has 2 aromatic rings. The van der Waals surface area contributed by atoms with E-state index in [9.17, 15) is 4.79 Å². The van der Waals surface area contributed by atoms with Gasteiger partial charge < -0.3 is 10.1 Å². The van der Waals surface area contributed by atoms with Gasteiger partial charge in [-0.3, -0.25) is 14.7 Å². The van der Waals surface area contributed by atoms with Crippen molar-refractivity contribution in [2.45, 2.75) is 26.1 Å². The summed E-state index contributed by atoms with van der Waals surface area (Å²) in [5.41, 5.74) is 3.22. The molecule has 0 bridgehead atoms. The van der Waals surface area contributed by atoms with Crippen molar-refractivity contribution in [3.63, 3.8) is 0 Å². The minimum absolute atomic E-state index is 0.0617. The summed E-state index contributed by atoms with van der Waals surface area (Å²) in [7, 11) is 0. The molecule has 24 heavy (non-hydrogen) atoms. The average molecular weight is 325 g/mol. The lowest BCUT2D eigenvalue weighted by molar-refractivity contribution is -0.139. The smallest absolute Gasteiger partial charge is 0.250 e. The monoisotopic (exact) mass is 325 g/mol. The van der Waals surface area contributed by atoms with Gasteiger partial charge in [0.15, 0.2) is 0 Å². The number of benzene rings is 1. The van der Waals surface area contributed by atoms with Crippen LogP contribution in [0.5, 0.6) is 0 Å². The Kier molecular flexibility index (Phi) is 5.56. The number of hydrogen-bond acceptors (Lipinski definition) is 4. The zero-order valence-electron chi connectivity index (χ0n) is 13.9. The van der Waals surface area contributed by atoms with Crippen molar-refractivity contribution >= 4 is 5.91 Å². The molecule has 0 saturated carbocycles. The number of aryl methyl sites for hydroxylation is 1. The van der Waals surface area contributed by atoms with E-state index in [0.717, 1.165) is 24.3 Å². The van der Waals surface area contributed by atoms with Gasteiger partial charge in [0, 0.05) is 38.1 Å². The molecule has 0 spiro atoms. The van der Waals surface area contributed by atoms with Crippen LogP contribution in [0.2, 0.25) is 0 Å². The van der Waals surface area contributed by atoms with Crippen LogP contribution in [0.1, 0.15) is 16.8 Å². The predicted molar refractivity (Wildman–Crippen MR) is 92.3 cm³/mol. The van der Waals surface area contributed by atoms with E-state index in [2.05, 4.69) is 27.3 Å². The highest BCUT2D eigenvalue weighted by molar-refractivity contribution is 5.81. The fourth-order valence-electron chi connectivity index (χ4n) is 2.75. The molecule has 1 N–H and O–H groups in total. The second-order valence-electron chi connectivity index (χ2n) is 6.11. The van der Waals surface area contributed by atoms with E-state index >= 15 is 0 Å². The third-order valence-corrected chi connectivity index (χ3v) is 4.13. The van der Waals surface area contributed by atoms with Crippen LogP contribution in [0.3, 0.4) is 0 Å². The highest BCUT2D eigenvalue weighted by atomic mass is 16.5. The van der Waals surface area contributed by atoms with Crippen LogP contribution in [0.4, 0.5) is 0 Å². The van der Waals surface area contributed by atoms with Gasteiger partial charge in [0.25, 0.3) is 5.91 Å². The normalized spacial score (nSPS) is 18.3.